The van der Waals surface area contributed by atoms with Crippen molar-refractivity contribution in [3.05, 3.63) is 39.7 Å². The van der Waals surface area contributed by atoms with Crippen molar-refractivity contribution < 1.29 is 9.18 Å². The molecule has 152 valence electrons. The van der Waals surface area contributed by atoms with Crippen molar-refractivity contribution in [1.82, 2.24) is 19.9 Å². The van der Waals surface area contributed by atoms with E-state index in [9.17, 15) is 19.2 Å². The second-order valence-corrected chi connectivity index (χ2v) is 9.05. The Morgan fingerprint density at radius 1 is 1.48 bits per heavy atom. The van der Waals surface area contributed by atoms with Gasteiger partial charge in [-0.05, 0) is 6.07 Å². The Bertz CT molecular complexity index is 1070. The first kappa shape index (κ1) is 21.0. The lowest BCUT2D eigenvalue weighted by Crippen LogP contribution is -2.38. The van der Waals surface area contributed by atoms with Crippen LogP contribution < -0.4 is 10.9 Å². The maximum Gasteiger partial charge on any atom is 0.272 e. The first-order chi connectivity index (χ1) is 13.6. The summed E-state index contributed by atoms with van der Waals surface area (Å²) in [4.78, 5) is 32.8. The summed E-state index contributed by atoms with van der Waals surface area (Å²) in [6.07, 6.45) is 1.45. The molecule has 1 aliphatic heterocycles. The van der Waals surface area contributed by atoms with Gasteiger partial charge in [-0.25, -0.2) is 9.37 Å². The van der Waals surface area contributed by atoms with Gasteiger partial charge in [-0.3, -0.25) is 19.1 Å². The van der Waals surface area contributed by atoms with Gasteiger partial charge in [0.2, 0.25) is 5.91 Å². The van der Waals surface area contributed by atoms with E-state index >= 15 is 0 Å². The summed E-state index contributed by atoms with van der Waals surface area (Å²) in [5.74, 6) is 0.0979. The summed E-state index contributed by atoms with van der Waals surface area (Å²) >= 11 is 1.38. The Morgan fingerprint density at radius 3 is 2.79 bits per heavy atom. The molecule has 0 aromatic carbocycles. The normalized spacial score (nSPS) is 16.1. The van der Waals surface area contributed by atoms with Crippen LogP contribution in [0, 0.1) is 23.1 Å². The van der Waals surface area contributed by atoms with E-state index in [2.05, 4.69) is 15.3 Å². The van der Waals surface area contributed by atoms with E-state index in [0.717, 1.165) is 0 Å². The molecule has 1 aliphatic rings. The lowest BCUT2D eigenvalue weighted by molar-refractivity contribution is -0.119. The number of thioether (sulfide) groups is 1. The molecule has 0 radical (unpaired) electrons. The number of nitrogens with zero attached hydrogens (tertiary/aromatic N) is 4. The molecule has 1 atom stereocenters. The van der Waals surface area contributed by atoms with Crippen LogP contribution in [0.2, 0.25) is 0 Å². The molecule has 0 spiro atoms. The number of halogens is 1. The zero-order valence-electron chi connectivity index (χ0n) is 16.7. The van der Waals surface area contributed by atoms with Gasteiger partial charge < -0.3 is 5.32 Å². The summed E-state index contributed by atoms with van der Waals surface area (Å²) < 4.78 is 16.1. The van der Waals surface area contributed by atoms with E-state index in [4.69, 9.17) is 0 Å². The van der Waals surface area contributed by atoms with Gasteiger partial charge in [0.1, 0.15) is 17.4 Å². The molecule has 3 rings (SSSR count). The predicted octanol–water partition coefficient (Wildman–Crippen LogP) is 2.47. The van der Waals surface area contributed by atoms with Crippen molar-refractivity contribution in [2.24, 2.45) is 5.92 Å². The number of carbonyl (C=O) groups is 1. The van der Waals surface area contributed by atoms with Gasteiger partial charge in [-0.1, -0.05) is 32.5 Å². The van der Waals surface area contributed by atoms with Gasteiger partial charge >= 0.3 is 0 Å². The molecule has 29 heavy (non-hydrogen) atoms. The average molecular weight is 415 g/mol. The summed E-state index contributed by atoms with van der Waals surface area (Å²) in [5.41, 5.74) is -0.323. The Labute approximate surface area is 172 Å². The quantitative estimate of drug-likeness (QED) is 0.773. The molecule has 0 saturated heterocycles. The van der Waals surface area contributed by atoms with Gasteiger partial charge in [-0.15, -0.1) is 0 Å². The minimum absolute atomic E-state index is 0.0541. The van der Waals surface area contributed by atoms with Crippen LogP contribution in [0.15, 0.2) is 22.2 Å². The van der Waals surface area contributed by atoms with Gasteiger partial charge in [-0.2, -0.15) is 5.26 Å². The minimum atomic E-state index is -0.499. The summed E-state index contributed by atoms with van der Waals surface area (Å²) in [5, 5.41) is 12.8. The fourth-order valence-corrected chi connectivity index (χ4v) is 4.23. The van der Waals surface area contributed by atoms with E-state index in [1.807, 2.05) is 26.8 Å². The highest BCUT2D eigenvalue weighted by Crippen LogP contribution is 2.30. The highest BCUT2D eigenvalue weighted by atomic mass is 32.2. The summed E-state index contributed by atoms with van der Waals surface area (Å²) in [7, 11) is 0. The molecule has 7 nitrogen and oxygen atoms in total. The maximum absolute atomic E-state index is 14.6. The van der Waals surface area contributed by atoms with Crippen molar-refractivity contribution in [1.29, 1.82) is 5.26 Å². The Hall–Kier alpha value is -2.73. The third kappa shape index (κ3) is 4.32. The molecule has 2 aromatic rings. The van der Waals surface area contributed by atoms with Crippen LogP contribution in [0.25, 0.3) is 11.3 Å². The van der Waals surface area contributed by atoms with Crippen molar-refractivity contribution in [3.63, 3.8) is 0 Å². The monoisotopic (exact) mass is 415 g/mol. The summed E-state index contributed by atoms with van der Waals surface area (Å²) in [6.45, 7) is 7.82. The molecule has 0 unspecified atom stereocenters. The van der Waals surface area contributed by atoms with Crippen molar-refractivity contribution >= 4 is 17.7 Å². The molecule has 3 heterocycles. The molecule has 0 fully saturated rings. The molecule has 1 amide bonds. The van der Waals surface area contributed by atoms with Crippen LogP contribution in [0.1, 0.15) is 39.0 Å². The first-order valence-corrected chi connectivity index (χ1v) is 10.2. The summed E-state index contributed by atoms with van der Waals surface area (Å²) in [6, 6.07) is 3.19. The van der Waals surface area contributed by atoms with Gasteiger partial charge in [0.25, 0.3) is 5.56 Å². The minimum Gasteiger partial charge on any atom is -0.356 e. The highest BCUT2D eigenvalue weighted by molar-refractivity contribution is 7.99. The lowest BCUT2D eigenvalue weighted by Gasteiger charge is -2.25. The molecule has 0 aliphatic carbocycles. The Morgan fingerprint density at radius 2 is 2.21 bits per heavy atom. The van der Waals surface area contributed by atoms with Crippen LogP contribution in [-0.4, -0.2) is 32.7 Å². The molecule has 9 heteroatoms. The number of aromatic nitrogens is 3. The SMILES string of the molecule is CC(=O)NC[C@H]1CSc2nc(-c3cnc(C(C)(C)C)c(F)c3)c(C#N)c(=O)n2C1. The van der Waals surface area contributed by atoms with Crippen LogP contribution in [0.5, 0.6) is 0 Å². The van der Waals surface area contributed by atoms with Crippen molar-refractivity contribution in [3.8, 4) is 17.3 Å². The number of amides is 1. The Balaban J connectivity index is 2.02. The molecular formula is C20H22FN5O2S. The van der Waals surface area contributed by atoms with Gasteiger partial charge in [0, 0.05) is 48.9 Å². The zero-order valence-corrected chi connectivity index (χ0v) is 17.6. The van der Waals surface area contributed by atoms with E-state index in [1.54, 1.807) is 0 Å². The number of fused-ring (bicyclic) bond motifs is 1. The van der Waals surface area contributed by atoms with Crippen LogP contribution in [0.3, 0.4) is 0 Å². The molecule has 0 saturated carbocycles. The van der Waals surface area contributed by atoms with E-state index in [0.29, 0.717) is 35.3 Å². The number of nitrogens with one attached hydrogen (secondary N) is 1. The topological polar surface area (TPSA) is 101 Å². The molecular weight excluding hydrogens is 393 g/mol. The maximum atomic E-state index is 14.6. The number of rotatable bonds is 3. The van der Waals surface area contributed by atoms with E-state index < -0.39 is 16.8 Å². The number of nitriles is 1. The van der Waals surface area contributed by atoms with Crippen LogP contribution in [0.4, 0.5) is 4.39 Å². The Kier molecular flexibility index (Phi) is 5.75. The number of carbonyl (C=O) groups excluding carboxylic acids is 1. The smallest absolute Gasteiger partial charge is 0.272 e. The highest BCUT2D eigenvalue weighted by Gasteiger charge is 2.27. The average Bonchev–Trinajstić information content (AvgIpc) is 2.65. The van der Waals surface area contributed by atoms with Crippen LogP contribution in [-0.2, 0) is 16.8 Å². The van der Waals surface area contributed by atoms with Crippen molar-refractivity contribution in [2.45, 2.75) is 44.8 Å². The third-order valence-electron chi connectivity index (χ3n) is 4.60. The number of hydrogen-bond acceptors (Lipinski definition) is 6. The van der Waals surface area contributed by atoms with Gasteiger partial charge in [0.15, 0.2) is 5.16 Å². The molecule has 0 bridgehead atoms. The third-order valence-corrected chi connectivity index (χ3v) is 5.81. The number of hydrogen-bond donors (Lipinski definition) is 1. The lowest BCUT2D eigenvalue weighted by atomic mass is 9.90. The van der Waals surface area contributed by atoms with Crippen molar-refractivity contribution in [2.75, 3.05) is 12.3 Å². The standard InChI is InChI=1S/C20H22FN5O2S/c1-11(27)23-7-12-9-26-18(28)14(6-22)16(25-19(26)29-10-12)13-5-15(21)17(24-8-13)20(2,3)4/h5,8,12H,7,9-10H2,1-4H3,(H,23,27)/t12-/m1/s1. The van der Waals surface area contributed by atoms with Crippen LogP contribution >= 0.6 is 11.8 Å². The number of pyridine rings is 1. The van der Waals surface area contributed by atoms with Gasteiger partial charge in [0.05, 0.1) is 11.4 Å². The predicted molar refractivity (Wildman–Crippen MR) is 108 cm³/mol. The molecule has 2 aromatic heterocycles. The fourth-order valence-electron chi connectivity index (χ4n) is 3.15. The van der Waals surface area contributed by atoms with E-state index in [1.165, 1.54) is 35.5 Å². The second kappa shape index (κ2) is 7.95. The zero-order chi connectivity index (χ0) is 21.3. The van der Waals surface area contributed by atoms with E-state index in [-0.39, 0.29) is 23.1 Å². The molecule has 1 N–H and O–H groups in total. The first-order valence-electron chi connectivity index (χ1n) is 9.20. The fraction of sp³-hybridized carbons (Fsp3) is 0.450. The second-order valence-electron chi connectivity index (χ2n) is 8.06. The largest absolute Gasteiger partial charge is 0.356 e.